The molecule has 1 atom stereocenters. The van der Waals surface area contributed by atoms with Gasteiger partial charge in [-0.05, 0) is 50.8 Å². The van der Waals surface area contributed by atoms with E-state index < -0.39 is 0 Å². The molecule has 1 aromatic carbocycles. The van der Waals surface area contributed by atoms with Crippen molar-refractivity contribution in [3.05, 3.63) is 23.8 Å². The molecule has 1 aliphatic heterocycles. The predicted molar refractivity (Wildman–Crippen MR) is 79.1 cm³/mol. The Morgan fingerprint density at radius 1 is 1.32 bits per heavy atom. The smallest absolute Gasteiger partial charge is 0.244 e. The first-order valence-corrected chi connectivity index (χ1v) is 6.99. The third kappa shape index (κ3) is 3.40. The Morgan fingerprint density at radius 3 is 2.63 bits per heavy atom. The number of likely N-dealkylation sites (tertiary alicyclic amines) is 1. The summed E-state index contributed by atoms with van der Waals surface area (Å²) >= 11 is 0. The second-order valence-electron chi connectivity index (χ2n) is 5.32. The molecule has 1 unspecified atom stereocenters. The number of rotatable bonds is 3. The largest absolute Gasteiger partial charge is 0.398 e. The standard InChI is InChI=1S/C15H23N3O/c1-11-6-7-13(10-14(11)16)17-12(2)15(19)18-8-4-3-5-9-18/h6-7,10,12,17H,3-5,8-9,16H2,1-2H3. The van der Waals surface area contributed by atoms with Crippen LogP contribution in [0.3, 0.4) is 0 Å². The number of piperidine rings is 1. The van der Waals surface area contributed by atoms with Crippen molar-refractivity contribution in [2.24, 2.45) is 0 Å². The van der Waals surface area contributed by atoms with E-state index in [0.717, 1.165) is 42.9 Å². The molecule has 19 heavy (non-hydrogen) atoms. The molecule has 3 N–H and O–H groups in total. The minimum absolute atomic E-state index is 0.179. The Kier molecular flexibility index (Phi) is 4.30. The van der Waals surface area contributed by atoms with Crippen LogP contribution in [0.2, 0.25) is 0 Å². The number of hydrogen-bond acceptors (Lipinski definition) is 3. The van der Waals surface area contributed by atoms with Crippen LogP contribution in [0.4, 0.5) is 11.4 Å². The van der Waals surface area contributed by atoms with Gasteiger partial charge in [0.25, 0.3) is 0 Å². The van der Waals surface area contributed by atoms with E-state index in [9.17, 15) is 4.79 Å². The van der Waals surface area contributed by atoms with E-state index in [4.69, 9.17) is 5.73 Å². The van der Waals surface area contributed by atoms with Crippen molar-refractivity contribution in [3.63, 3.8) is 0 Å². The summed E-state index contributed by atoms with van der Waals surface area (Å²) in [6.07, 6.45) is 3.48. The Balaban J connectivity index is 1.97. The van der Waals surface area contributed by atoms with E-state index in [1.807, 2.05) is 36.9 Å². The van der Waals surface area contributed by atoms with Gasteiger partial charge in [-0.15, -0.1) is 0 Å². The predicted octanol–water partition coefficient (Wildman–Crippen LogP) is 2.39. The first kappa shape index (κ1) is 13.7. The first-order chi connectivity index (χ1) is 9.08. The van der Waals surface area contributed by atoms with E-state index >= 15 is 0 Å². The van der Waals surface area contributed by atoms with Crippen LogP contribution < -0.4 is 11.1 Å². The maximum absolute atomic E-state index is 12.3. The molecule has 2 rings (SSSR count). The summed E-state index contributed by atoms with van der Waals surface area (Å²) in [6.45, 7) is 5.66. The number of aryl methyl sites for hydroxylation is 1. The van der Waals surface area contributed by atoms with Gasteiger partial charge < -0.3 is 16.0 Å². The lowest BCUT2D eigenvalue weighted by atomic mass is 10.1. The fourth-order valence-corrected chi connectivity index (χ4v) is 2.43. The lowest BCUT2D eigenvalue weighted by Gasteiger charge is -2.29. The molecule has 0 bridgehead atoms. The van der Waals surface area contributed by atoms with Gasteiger partial charge in [-0.3, -0.25) is 4.79 Å². The zero-order valence-electron chi connectivity index (χ0n) is 11.8. The van der Waals surface area contributed by atoms with Crippen molar-refractivity contribution < 1.29 is 4.79 Å². The summed E-state index contributed by atoms with van der Waals surface area (Å²) in [5.41, 5.74) is 8.59. The molecular weight excluding hydrogens is 238 g/mol. The van der Waals surface area contributed by atoms with E-state index in [1.165, 1.54) is 6.42 Å². The molecule has 4 heteroatoms. The van der Waals surface area contributed by atoms with Gasteiger partial charge in [0.1, 0.15) is 6.04 Å². The number of anilines is 2. The zero-order chi connectivity index (χ0) is 13.8. The Hall–Kier alpha value is -1.71. The normalized spacial score (nSPS) is 17.1. The molecule has 1 aromatic rings. The van der Waals surface area contributed by atoms with Gasteiger partial charge in [0.2, 0.25) is 5.91 Å². The number of amides is 1. The maximum Gasteiger partial charge on any atom is 0.244 e. The highest BCUT2D eigenvalue weighted by Crippen LogP contribution is 2.18. The molecule has 1 amide bonds. The number of nitrogens with one attached hydrogen (secondary N) is 1. The zero-order valence-corrected chi connectivity index (χ0v) is 11.8. The molecule has 1 saturated heterocycles. The first-order valence-electron chi connectivity index (χ1n) is 6.99. The molecule has 0 aromatic heterocycles. The van der Waals surface area contributed by atoms with Crippen LogP contribution in [0.5, 0.6) is 0 Å². The molecule has 0 spiro atoms. The lowest BCUT2D eigenvalue weighted by Crippen LogP contribution is -2.43. The van der Waals surface area contributed by atoms with Crippen LogP contribution >= 0.6 is 0 Å². The Bertz CT molecular complexity index is 453. The molecule has 1 heterocycles. The van der Waals surface area contributed by atoms with Crippen molar-refractivity contribution in [2.45, 2.75) is 39.2 Å². The van der Waals surface area contributed by atoms with E-state index in [1.54, 1.807) is 0 Å². The van der Waals surface area contributed by atoms with Crippen LogP contribution in [-0.4, -0.2) is 29.9 Å². The van der Waals surface area contributed by atoms with Gasteiger partial charge in [-0.25, -0.2) is 0 Å². The van der Waals surface area contributed by atoms with Gasteiger partial charge >= 0.3 is 0 Å². The molecule has 0 aliphatic carbocycles. The number of nitrogens with two attached hydrogens (primary N) is 1. The number of carbonyl (C=O) groups is 1. The summed E-state index contributed by atoms with van der Waals surface area (Å²) < 4.78 is 0. The van der Waals surface area contributed by atoms with E-state index in [-0.39, 0.29) is 11.9 Å². The summed E-state index contributed by atoms with van der Waals surface area (Å²) in [6, 6.07) is 5.61. The Labute approximate surface area is 115 Å². The van der Waals surface area contributed by atoms with E-state index in [2.05, 4.69) is 5.32 Å². The molecule has 0 saturated carbocycles. The molecule has 1 aliphatic rings. The van der Waals surface area contributed by atoms with Crippen LogP contribution in [-0.2, 0) is 4.79 Å². The van der Waals surface area contributed by atoms with Crippen molar-refractivity contribution >= 4 is 17.3 Å². The van der Waals surface area contributed by atoms with Gasteiger partial charge in [0.05, 0.1) is 0 Å². The monoisotopic (exact) mass is 261 g/mol. The van der Waals surface area contributed by atoms with Gasteiger partial charge in [0, 0.05) is 24.5 Å². The van der Waals surface area contributed by atoms with Crippen molar-refractivity contribution in [3.8, 4) is 0 Å². The minimum atomic E-state index is -0.208. The van der Waals surface area contributed by atoms with Crippen LogP contribution in [0.1, 0.15) is 31.7 Å². The summed E-state index contributed by atoms with van der Waals surface area (Å²) in [4.78, 5) is 14.2. The number of nitrogens with zero attached hydrogens (tertiary/aromatic N) is 1. The average molecular weight is 261 g/mol. The quantitative estimate of drug-likeness (QED) is 0.821. The fourth-order valence-electron chi connectivity index (χ4n) is 2.43. The summed E-state index contributed by atoms with van der Waals surface area (Å²) in [5.74, 6) is 0.179. The van der Waals surface area contributed by atoms with Gasteiger partial charge in [-0.1, -0.05) is 6.07 Å². The second-order valence-corrected chi connectivity index (χ2v) is 5.32. The number of benzene rings is 1. The third-order valence-corrected chi connectivity index (χ3v) is 3.70. The van der Waals surface area contributed by atoms with E-state index in [0.29, 0.717) is 0 Å². The highest BCUT2D eigenvalue weighted by atomic mass is 16.2. The lowest BCUT2D eigenvalue weighted by molar-refractivity contribution is -0.132. The number of carbonyl (C=O) groups excluding carboxylic acids is 1. The fraction of sp³-hybridized carbons (Fsp3) is 0.533. The summed E-state index contributed by atoms with van der Waals surface area (Å²) in [7, 11) is 0. The molecule has 1 fully saturated rings. The van der Waals surface area contributed by atoms with Crippen LogP contribution in [0.25, 0.3) is 0 Å². The van der Waals surface area contributed by atoms with Gasteiger partial charge in [0.15, 0.2) is 0 Å². The van der Waals surface area contributed by atoms with Crippen molar-refractivity contribution in [1.82, 2.24) is 4.90 Å². The van der Waals surface area contributed by atoms with Gasteiger partial charge in [-0.2, -0.15) is 0 Å². The van der Waals surface area contributed by atoms with Crippen molar-refractivity contribution in [1.29, 1.82) is 0 Å². The minimum Gasteiger partial charge on any atom is -0.398 e. The molecule has 104 valence electrons. The van der Waals surface area contributed by atoms with Crippen molar-refractivity contribution in [2.75, 3.05) is 24.1 Å². The average Bonchev–Trinajstić information content (AvgIpc) is 2.43. The number of nitrogen functional groups attached to an aromatic ring is 1. The topological polar surface area (TPSA) is 58.4 Å². The highest BCUT2D eigenvalue weighted by molar-refractivity contribution is 5.84. The Morgan fingerprint density at radius 2 is 2.00 bits per heavy atom. The molecular formula is C15H23N3O. The highest BCUT2D eigenvalue weighted by Gasteiger charge is 2.21. The van der Waals surface area contributed by atoms with Crippen LogP contribution in [0, 0.1) is 6.92 Å². The maximum atomic E-state index is 12.3. The molecule has 0 radical (unpaired) electrons. The SMILES string of the molecule is Cc1ccc(NC(C)C(=O)N2CCCCC2)cc1N. The second kappa shape index (κ2) is 5.95. The summed E-state index contributed by atoms with van der Waals surface area (Å²) in [5, 5.41) is 3.24. The van der Waals surface area contributed by atoms with Crippen LogP contribution in [0.15, 0.2) is 18.2 Å². The third-order valence-electron chi connectivity index (χ3n) is 3.70. The number of hydrogen-bond donors (Lipinski definition) is 2. The molecule has 4 nitrogen and oxygen atoms in total.